The number of carbonyl (C=O) groups is 1. The summed E-state index contributed by atoms with van der Waals surface area (Å²) < 4.78 is 0. The molecule has 116 valence electrons. The summed E-state index contributed by atoms with van der Waals surface area (Å²) in [5.74, 6) is -0.548. The van der Waals surface area contributed by atoms with Crippen LogP contribution in [0.2, 0.25) is 0 Å². The highest BCUT2D eigenvalue weighted by Gasteiger charge is 2.23. The molecule has 0 aliphatic carbocycles. The maximum Gasteiger partial charge on any atom is 0.248 e. The number of hydrogen-bond donors (Lipinski definition) is 3. The number of amides is 1. The lowest BCUT2D eigenvalue weighted by Gasteiger charge is -2.22. The number of nitrogens with one attached hydrogen (secondary N) is 1. The SMILES string of the molecule is NC(=O)c1ccc2[nH]c(CN3CCC[C@H]3CO)cc(=O)c2c1. The normalized spacial score (nSPS) is 18.9. The van der Waals surface area contributed by atoms with E-state index in [1.54, 1.807) is 18.2 Å². The van der Waals surface area contributed by atoms with Crippen LogP contribution < -0.4 is 11.2 Å². The fourth-order valence-electron chi connectivity index (χ4n) is 3.07. The summed E-state index contributed by atoms with van der Waals surface area (Å²) in [6, 6.07) is 6.55. The Balaban J connectivity index is 1.94. The number of carbonyl (C=O) groups excluding carboxylic acids is 1. The van der Waals surface area contributed by atoms with Crippen LogP contribution in [-0.2, 0) is 6.54 Å². The zero-order valence-electron chi connectivity index (χ0n) is 12.2. The van der Waals surface area contributed by atoms with Crippen molar-refractivity contribution in [2.24, 2.45) is 5.73 Å². The number of aromatic nitrogens is 1. The summed E-state index contributed by atoms with van der Waals surface area (Å²) in [6.07, 6.45) is 2.04. The molecule has 2 heterocycles. The van der Waals surface area contributed by atoms with Gasteiger partial charge in [-0.2, -0.15) is 0 Å². The summed E-state index contributed by atoms with van der Waals surface area (Å²) in [7, 11) is 0. The van der Waals surface area contributed by atoms with E-state index in [0.29, 0.717) is 23.0 Å². The van der Waals surface area contributed by atoms with Crippen LogP contribution in [0.25, 0.3) is 10.9 Å². The number of benzene rings is 1. The van der Waals surface area contributed by atoms with E-state index in [9.17, 15) is 14.7 Å². The number of aromatic amines is 1. The average molecular weight is 301 g/mol. The van der Waals surface area contributed by atoms with Gasteiger partial charge in [0.1, 0.15) is 0 Å². The smallest absolute Gasteiger partial charge is 0.248 e. The molecule has 1 aromatic heterocycles. The number of aliphatic hydroxyl groups excluding tert-OH is 1. The van der Waals surface area contributed by atoms with Gasteiger partial charge in [-0.3, -0.25) is 14.5 Å². The number of aliphatic hydroxyl groups is 1. The largest absolute Gasteiger partial charge is 0.395 e. The number of pyridine rings is 1. The summed E-state index contributed by atoms with van der Waals surface area (Å²) >= 11 is 0. The Morgan fingerprint density at radius 1 is 1.41 bits per heavy atom. The fourth-order valence-corrected chi connectivity index (χ4v) is 3.07. The lowest BCUT2D eigenvalue weighted by molar-refractivity contribution is 0.100. The highest BCUT2D eigenvalue weighted by atomic mass is 16.3. The molecule has 22 heavy (non-hydrogen) atoms. The Bertz CT molecular complexity index is 769. The van der Waals surface area contributed by atoms with Crippen molar-refractivity contribution in [3.8, 4) is 0 Å². The fraction of sp³-hybridized carbons (Fsp3) is 0.375. The first kappa shape index (κ1) is 14.7. The zero-order valence-corrected chi connectivity index (χ0v) is 12.2. The lowest BCUT2D eigenvalue weighted by Crippen LogP contribution is -2.32. The first-order valence-corrected chi connectivity index (χ1v) is 7.39. The molecular weight excluding hydrogens is 282 g/mol. The predicted octanol–water partition coefficient (Wildman–Crippen LogP) is 0.584. The second-order valence-electron chi connectivity index (χ2n) is 5.73. The van der Waals surface area contributed by atoms with E-state index in [2.05, 4.69) is 9.88 Å². The standard InChI is InChI=1S/C16H19N3O3/c17-16(22)10-3-4-14-13(6-10)15(21)7-11(18-14)8-19-5-1-2-12(19)9-20/h3-4,6-7,12,20H,1-2,5,8-9H2,(H2,17,22)(H,18,21)/t12-/m0/s1. The number of nitrogens with zero attached hydrogens (tertiary/aromatic N) is 1. The Kier molecular flexibility index (Phi) is 3.96. The van der Waals surface area contributed by atoms with E-state index >= 15 is 0 Å². The molecular formula is C16H19N3O3. The van der Waals surface area contributed by atoms with Gasteiger partial charge in [0.05, 0.1) is 6.61 Å². The van der Waals surface area contributed by atoms with Gasteiger partial charge in [-0.25, -0.2) is 0 Å². The number of fused-ring (bicyclic) bond motifs is 1. The Hall–Kier alpha value is -2.18. The summed E-state index contributed by atoms with van der Waals surface area (Å²) in [6.45, 7) is 1.67. The van der Waals surface area contributed by atoms with Crippen molar-refractivity contribution in [2.45, 2.75) is 25.4 Å². The molecule has 1 aromatic carbocycles. The third-order valence-electron chi connectivity index (χ3n) is 4.25. The topological polar surface area (TPSA) is 99.4 Å². The second kappa shape index (κ2) is 5.90. The molecule has 0 radical (unpaired) electrons. The van der Waals surface area contributed by atoms with E-state index in [1.807, 2.05) is 0 Å². The van der Waals surface area contributed by atoms with E-state index in [0.717, 1.165) is 25.1 Å². The molecule has 1 atom stereocenters. The minimum Gasteiger partial charge on any atom is -0.395 e. The average Bonchev–Trinajstić information content (AvgIpc) is 2.94. The monoisotopic (exact) mass is 301 g/mol. The summed E-state index contributed by atoms with van der Waals surface area (Å²) in [4.78, 5) is 28.9. The van der Waals surface area contributed by atoms with Gasteiger partial charge in [-0.15, -0.1) is 0 Å². The van der Waals surface area contributed by atoms with E-state index in [-0.39, 0.29) is 18.1 Å². The Morgan fingerprint density at radius 2 is 2.23 bits per heavy atom. The number of likely N-dealkylation sites (tertiary alicyclic amines) is 1. The molecule has 3 rings (SSSR count). The van der Waals surface area contributed by atoms with Crippen LogP contribution in [0.4, 0.5) is 0 Å². The number of nitrogens with two attached hydrogens (primary N) is 1. The molecule has 1 saturated heterocycles. The third kappa shape index (κ3) is 2.75. The number of primary amides is 1. The van der Waals surface area contributed by atoms with Crippen molar-refractivity contribution in [1.29, 1.82) is 0 Å². The first-order chi connectivity index (χ1) is 10.6. The van der Waals surface area contributed by atoms with Gasteiger partial charge < -0.3 is 15.8 Å². The molecule has 0 unspecified atom stereocenters. The summed E-state index contributed by atoms with van der Waals surface area (Å²) in [5.41, 5.74) is 6.93. The van der Waals surface area contributed by atoms with Crippen LogP contribution >= 0.6 is 0 Å². The highest BCUT2D eigenvalue weighted by Crippen LogP contribution is 2.19. The maximum atomic E-state index is 12.3. The van der Waals surface area contributed by atoms with E-state index in [1.165, 1.54) is 6.07 Å². The Morgan fingerprint density at radius 3 is 2.95 bits per heavy atom. The van der Waals surface area contributed by atoms with Gasteiger partial charge in [-0.1, -0.05) is 0 Å². The van der Waals surface area contributed by atoms with Gasteiger partial charge in [0.2, 0.25) is 5.91 Å². The number of H-pyrrole nitrogens is 1. The van der Waals surface area contributed by atoms with Crippen molar-refractivity contribution in [3.05, 3.63) is 45.7 Å². The first-order valence-electron chi connectivity index (χ1n) is 7.39. The van der Waals surface area contributed by atoms with E-state index in [4.69, 9.17) is 5.73 Å². The van der Waals surface area contributed by atoms with Crippen molar-refractivity contribution < 1.29 is 9.90 Å². The van der Waals surface area contributed by atoms with Crippen molar-refractivity contribution in [3.63, 3.8) is 0 Å². The molecule has 0 spiro atoms. The molecule has 6 nitrogen and oxygen atoms in total. The van der Waals surface area contributed by atoms with Crippen LogP contribution in [0.3, 0.4) is 0 Å². The molecule has 2 aromatic rings. The molecule has 1 aliphatic heterocycles. The molecule has 1 amide bonds. The van der Waals surface area contributed by atoms with Crippen LogP contribution in [0.15, 0.2) is 29.1 Å². The molecule has 1 aliphatic rings. The third-order valence-corrected chi connectivity index (χ3v) is 4.25. The zero-order chi connectivity index (χ0) is 15.7. The van der Waals surface area contributed by atoms with Crippen molar-refractivity contribution in [2.75, 3.05) is 13.2 Å². The minimum atomic E-state index is -0.548. The van der Waals surface area contributed by atoms with Crippen LogP contribution in [0.1, 0.15) is 28.9 Å². The van der Waals surface area contributed by atoms with Crippen LogP contribution in [0, 0.1) is 0 Å². The molecule has 0 saturated carbocycles. The molecule has 4 N–H and O–H groups in total. The van der Waals surface area contributed by atoms with Crippen molar-refractivity contribution >= 4 is 16.8 Å². The Labute approximate surface area is 127 Å². The van der Waals surface area contributed by atoms with Gasteiger partial charge in [0.15, 0.2) is 5.43 Å². The number of rotatable bonds is 4. The van der Waals surface area contributed by atoms with Gasteiger partial charge >= 0.3 is 0 Å². The van der Waals surface area contributed by atoms with E-state index < -0.39 is 5.91 Å². The predicted molar refractivity (Wildman–Crippen MR) is 83.6 cm³/mol. The summed E-state index contributed by atoms with van der Waals surface area (Å²) in [5, 5.41) is 9.82. The molecule has 6 heteroatoms. The van der Waals surface area contributed by atoms with Gasteiger partial charge in [0.25, 0.3) is 0 Å². The maximum absolute atomic E-state index is 12.3. The van der Waals surface area contributed by atoms with Crippen molar-refractivity contribution in [1.82, 2.24) is 9.88 Å². The highest BCUT2D eigenvalue weighted by molar-refractivity contribution is 5.96. The molecule has 1 fully saturated rings. The lowest BCUT2D eigenvalue weighted by atomic mass is 10.1. The van der Waals surface area contributed by atoms with Crippen LogP contribution in [0.5, 0.6) is 0 Å². The molecule has 0 bridgehead atoms. The second-order valence-corrected chi connectivity index (χ2v) is 5.73. The van der Waals surface area contributed by atoms with Gasteiger partial charge in [0, 0.05) is 40.8 Å². The van der Waals surface area contributed by atoms with Crippen LogP contribution in [-0.4, -0.2) is 40.1 Å². The quantitative estimate of drug-likeness (QED) is 0.769. The van der Waals surface area contributed by atoms with Gasteiger partial charge in [-0.05, 0) is 37.6 Å². The number of hydrogen-bond acceptors (Lipinski definition) is 4. The minimum absolute atomic E-state index is 0.133.